The van der Waals surface area contributed by atoms with E-state index < -0.39 is 0 Å². The summed E-state index contributed by atoms with van der Waals surface area (Å²) in [5.41, 5.74) is 1.31. The van der Waals surface area contributed by atoms with Crippen molar-refractivity contribution in [2.75, 3.05) is 18.5 Å². The molecule has 2 N–H and O–H groups in total. The largest absolute Gasteiger partial charge is 0.376 e. The lowest BCUT2D eigenvalue weighted by Crippen LogP contribution is -2.34. The first-order valence-electron chi connectivity index (χ1n) is 8.20. The minimum atomic E-state index is -0.160. The van der Waals surface area contributed by atoms with E-state index in [9.17, 15) is 9.59 Å². The fourth-order valence-electron chi connectivity index (χ4n) is 2.61. The maximum Gasteiger partial charge on any atom is 0.241 e. The number of amides is 2. The van der Waals surface area contributed by atoms with Gasteiger partial charge < -0.3 is 15.4 Å². The molecule has 1 saturated heterocycles. The molecule has 0 aromatic carbocycles. The summed E-state index contributed by atoms with van der Waals surface area (Å²) in [5, 5.41) is 12.5. The molecule has 2 amide bonds. The van der Waals surface area contributed by atoms with Gasteiger partial charge in [0.05, 0.1) is 35.1 Å². The second kappa shape index (κ2) is 8.21. The Morgan fingerprint density at radius 1 is 1.44 bits per heavy atom. The number of aryl methyl sites for hydroxylation is 1. The van der Waals surface area contributed by atoms with Crippen LogP contribution >= 0.6 is 11.3 Å². The van der Waals surface area contributed by atoms with Crippen LogP contribution in [0.1, 0.15) is 23.5 Å². The predicted octanol–water partition coefficient (Wildman–Crippen LogP) is 1.12. The lowest BCUT2D eigenvalue weighted by Gasteiger charge is -2.10. The lowest BCUT2D eigenvalue weighted by molar-refractivity contribution is -0.122. The van der Waals surface area contributed by atoms with E-state index in [0.29, 0.717) is 12.2 Å². The zero-order valence-electron chi connectivity index (χ0n) is 14.0. The van der Waals surface area contributed by atoms with Gasteiger partial charge in [0.15, 0.2) is 0 Å². The molecule has 2 aromatic rings. The Morgan fingerprint density at radius 2 is 2.32 bits per heavy atom. The number of hydrogen-bond donors (Lipinski definition) is 2. The first kappa shape index (κ1) is 17.6. The highest BCUT2D eigenvalue weighted by Gasteiger charge is 2.16. The average molecular weight is 363 g/mol. The number of thiazole rings is 1. The van der Waals surface area contributed by atoms with Gasteiger partial charge in [-0.2, -0.15) is 5.10 Å². The van der Waals surface area contributed by atoms with Crippen LogP contribution in [0.3, 0.4) is 0 Å². The number of aromatic nitrogens is 3. The van der Waals surface area contributed by atoms with Crippen LogP contribution in [0.4, 0.5) is 5.69 Å². The van der Waals surface area contributed by atoms with E-state index >= 15 is 0 Å². The smallest absolute Gasteiger partial charge is 0.241 e. The molecule has 2 aromatic heterocycles. The van der Waals surface area contributed by atoms with Crippen molar-refractivity contribution in [3.05, 3.63) is 28.5 Å². The second-order valence-corrected chi connectivity index (χ2v) is 7.01. The van der Waals surface area contributed by atoms with Crippen LogP contribution in [0, 0.1) is 6.92 Å². The first-order chi connectivity index (χ1) is 12.1. The molecule has 25 heavy (non-hydrogen) atoms. The van der Waals surface area contributed by atoms with Crippen molar-refractivity contribution in [2.45, 2.75) is 38.8 Å². The predicted molar refractivity (Wildman–Crippen MR) is 93.4 cm³/mol. The number of hydrogen-bond acceptors (Lipinski definition) is 6. The zero-order chi connectivity index (χ0) is 17.6. The lowest BCUT2D eigenvalue weighted by atomic mass is 10.2. The van der Waals surface area contributed by atoms with Crippen molar-refractivity contribution in [1.29, 1.82) is 0 Å². The van der Waals surface area contributed by atoms with Crippen molar-refractivity contribution in [3.63, 3.8) is 0 Å². The average Bonchev–Trinajstić information content (AvgIpc) is 3.29. The summed E-state index contributed by atoms with van der Waals surface area (Å²) < 4.78 is 6.96. The second-order valence-electron chi connectivity index (χ2n) is 5.95. The Kier molecular flexibility index (Phi) is 5.77. The number of carbonyl (C=O) groups is 2. The number of rotatable bonds is 7. The van der Waals surface area contributed by atoms with Gasteiger partial charge in [-0.3, -0.25) is 14.3 Å². The summed E-state index contributed by atoms with van der Waals surface area (Å²) in [4.78, 5) is 28.2. The maximum atomic E-state index is 12.0. The molecule has 1 fully saturated rings. The van der Waals surface area contributed by atoms with E-state index in [1.54, 1.807) is 6.20 Å². The molecular formula is C16H21N5O3S. The molecule has 0 spiro atoms. The van der Waals surface area contributed by atoms with Crippen molar-refractivity contribution >= 4 is 28.8 Å². The van der Waals surface area contributed by atoms with Crippen molar-refractivity contribution < 1.29 is 14.3 Å². The van der Waals surface area contributed by atoms with Gasteiger partial charge in [0, 0.05) is 24.7 Å². The Bertz CT molecular complexity index is 736. The Hall–Kier alpha value is -2.26. The molecule has 1 aliphatic rings. The van der Waals surface area contributed by atoms with Gasteiger partial charge in [-0.25, -0.2) is 4.98 Å². The Morgan fingerprint density at radius 3 is 3.04 bits per heavy atom. The van der Waals surface area contributed by atoms with Crippen LogP contribution in [-0.2, 0) is 27.3 Å². The van der Waals surface area contributed by atoms with Crippen molar-refractivity contribution in [2.24, 2.45) is 0 Å². The molecule has 134 valence electrons. The monoisotopic (exact) mass is 363 g/mol. The summed E-state index contributed by atoms with van der Waals surface area (Å²) >= 11 is 1.52. The fraction of sp³-hybridized carbons (Fsp3) is 0.500. The minimum absolute atomic E-state index is 0.105. The molecule has 1 aliphatic heterocycles. The van der Waals surface area contributed by atoms with E-state index in [4.69, 9.17) is 4.74 Å². The molecule has 3 rings (SSSR count). The van der Waals surface area contributed by atoms with E-state index in [2.05, 4.69) is 20.7 Å². The number of nitrogens with zero attached hydrogens (tertiary/aromatic N) is 3. The molecule has 3 heterocycles. The van der Waals surface area contributed by atoms with Crippen LogP contribution in [0.15, 0.2) is 17.8 Å². The molecule has 8 nitrogen and oxygen atoms in total. The van der Waals surface area contributed by atoms with Crippen LogP contribution in [0.25, 0.3) is 0 Å². The molecule has 0 bridgehead atoms. The normalized spacial score (nSPS) is 16.8. The standard InChI is InChI=1S/C16H21N5O3S/c1-11-19-12(10-25-11)5-15(22)20-13-6-18-21(8-13)9-16(23)17-7-14-3-2-4-24-14/h6,8,10,14H,2-5,7,9H2,1H3,(H,17,23)(H,20,22). The fourth-order valence-corrected chi connectivity index (χ4v) is 3.22. The summed E-state index contributed by atoms with van der Waals surface area (Å²) in [6.07, 6.45) is 5.52. The number of ether oxygens (including phenoxy) is 1. The van der Waals surface area contributed by atoms with Gasteiger partial charge >= 0.3 is 0 Å². The maximum absolute atomic E-state index is 12.0. The van der Waals surface area contributed by atoms with Gasteiger partial charge in [-0.15, -0.1) is 11.3 Å². The van der Waals surface area contributed by atoms with Gasteiger partial charge in [0.2, 0.25) is 11.8 Å². The summed E-state index contributed by atoms with van der Waals surface area (Å²) in [7, 11) is 0. The van der Waals surface area contributed by atoms with Crippen LogP contribution in [0.5, 0.6) is 0 Å². The first-order valence-corrected chi connectivity index (χ1v) is 9.08. The SMILES string of the molecule is Cc1nc(CC(=O)Nc2cnn(CC(=O)NCC3CCCO3)c2)cs1. The molecule has 0 radical (unpaired) electrons. The van der Waals surface area contributed by atoms with E-state index in [0.717, 1.165) is 30.2 Å². The molecule has 0 saturated carbocycles. The van der Waals surface area contributed by atoms with E-state index in [1.165, 1.54) is 22.2 Å². The Balaban J connectivity index is 1.43. The van der Waals surface area contributed by atoms with Gasteiger partial charge in [0.25, 0.3) is 0 Å². The quantitative estimate of drug-likeness (QED) is 0.768. The highest BCUT2D eigenvalue weighted by molar-refractivity contribution is 7.09. The van der Waals surface area contributed by atoms with Gasteiger partial charge in [-0.05, 0) is 19.8 Å². The van der Waals surface area contributed by atoms with Gasteiger partial charge in [0.1, 0.15) is 6.54 Å². The molecule has 1 unspecified atom stereocenters. The molecule has 9 heteroatoms. The van der Waals surface area contributed by atoms with E-state index in [1.807, 2.05) is 12.3 Å². The van der Waals surface area contributed by atoms with Gasteiger partial charge in [-0.1, -0.05) is 0 Å². The van der Waals surface area contributed by atoms with Crippen molar-refractivity contribution in [1.82, 2.24) is 20.1 Å². The summed E-state index contributed by atoms with van der Waals surface area (Å²) in [6.45, 7) is 3.30. The van der Waals surface area contributed by atoms with Crippen LogP contribution in [-0.4, -0.2) is 45.8 Å². The Labute approximate surface area is 149 Å². The van der Waals surface area contributed by atoms with E-state index in [-0.39, 0.29) is 30.9 Å². The minimum Gasteiger partial charge on any atom is -0.376 e. The highest BCUT2D eigenvalue weighted by atomic mass is 32.1. The number of anilines is 1. The summed E-state index contributed by atoms with van der Waals surface area (Å²) in [6, 6.07) is 0. The molecule has 1 atom stereocenters. The highest BCUT2D eigenvalue weighted by Crippen LogP contribution is 2.11. The molecular weight excluding hydrogens is 342 g/mol. The topological polar surface area (TPSA) is 98.1 Å². The third kappa shape index (κ3) is 5.36. The molecule has 0 aliphatic carbocycles. The van der Waals surface area contributed by atoms with Crippen LogP contribution < -0.4 is 10.6 Å². The third-order valence-corrected chi connectivity index (χ3v) is 4.60. The third-order valence-electron chi connectivity index (χ3n) is 3.78. The number of nitrogens with one attached hydrogen (secondary N) is 2. The summed E-state index contributed by atoms with van der Waals surface area (Å²) in [5.74, 6) is -0.290. The number of carbonyl (C=O) groups excluding carboxylic acids is 2. The van der Waals surface area contributed by atoms with Crippen molar-refractivity contribution in [3.8, 4) is 0 Å². The van der Waals surface area contributed by atoms with Crippen LogP contribution in [0.2, 0.25) is 0 Å². The zero-order valence-corrected chi connectivity index (χ0v) is 14.8.